The van der Waals surface area contributed by atoms with E-state index < -0.39 is 327 Å². The van der Waals surface area contributed by atoms with Gasteiger partial charge in [0.05, 0.1) is 64.5 Å². The molecule has 46 nitrogen and oxygen atoms in total. The number of carboxylic acid groups (broad SMARTS) is 1. The van der Waals surface area contributed by atoms with Crippen molar-refractivity contribution in [1.29, 1.82) is 0 Å². The molecule has 0 aromatic rings. The monoisotopic (exact) mass is 1510 g/mol. The molecule has 8 aliphatic rings. The van der Waals surface area contributed by atoms with Gasteiger partial charge in [-0.1, -0.05) is 0 Å². The average Bonchev–Trinajstić information content (AvgIpc) is 0.776. The number of aliphatic carboxylic acids is 1. The molecule has 41 atom stereocenters. The molecular formula is C57H95N3O43. The van der Waals surface area contributed by atoms with Crippen LogP contribution in [0.1, 0.15) is 34.1 Å². The standard InChI is InChI=1S/C57H95N3O43/c1-13-28(71)35(78)40(83)52(91-13)102-48-37(80)30(73)19(7-62)93-55(48)100-44-22(10-65)95-51(27(34(44)77)60-16(4)68)101-47-32(75)23(96-54(42(47)85)99-45-20(8-63)92-49(86)39(82)38(45)81)11-89-50-26(59-15(3)67)33(76)43(21(9-64)94-50)98-53-41(84)36(79)31(74)24(97-53)12-90-57(56(87)88)5-17(69)25(58-14(2)66)46(103-57)29(72)18(70)6-61/h13,17-55,61-65,69-86H,5-12H2,1-4H3,(H,58,66)(H,59,67)(H,60,68)(H,87,88)/t13-,17-,18+,19+,20+,21+,22+,23+,24+,25+,26+,27+,28+,29+,30-,31-,32-,33+,34+,35+,36-,37-,38+,39+,40-,41+,42+,43+,44+,45+,46+,47-,48+,49?,50+,51-,52-,53-,54-,55-,57+/m0/s1. The molecule has 0 spiro atoms. The summed E-state index contributed by atoms with van der Waals surface area (Å²) in [5.74, 6) is -7.75. The highest BCUT2D eigenvalue weighted by Gasteiger charge is 2.61. The zero-order valence-electron chi connectivity index (χ0n) is 55.2. The minimum atomic E-state index is -3.04. The first-order chi connectivity index (χ1) is 48.5. The van der Waals surface area contributed by atoms with Crippen molar-refractivity contribution in [2.75, 3.05) is 46.2 Å². The third-order valence-corrected chi connectivity index (χ3v) is 18.8. The van der Waals surface area contributed by atoms with Crippen LogP contribution in [0.25, 0.3) is 0 Å². The van der Waals surface area contributed by atoms with Gasteiger partial charge in [-0.15, -0.1) is 0 Å². The number of nitrogens with one attached hydrogen (secondary N) is 3. The van der Waals surface area contributed by atoms with Crippen molar-refractivity contribution in [3.8, 4) is 0 Å². The predicted octanol–water partition coefficient (Wildman–Crippen LogP) is -17.8. The predicted molar refractivity (Wildman–Crippen MR) is 315 cm³/mol. The van der Waals surface area contributed by atoms with Gasteiger partial charge < -0.3 is 210 Å². The van der Waals surface area contributed by atoms with Crippen molar-refractivity contribution in [3.63, 3.8) is 0 Å². The van der Waals surface area contributed by atoms with Crippen molar-refractivity contribution in [2.45, 2.75) is 285 Å². The van der Waals surface area contributed by atoms with Crippen LogP contribution >= 0.6 is 0 Å². The Morgan fingerprint density at radius 2 is 0.835 bits per heavy atom. The van der Waals surface area contributed by atoms with E-state index in [1.807, 2.05) is 0 Å². The number of ether oxygens (including phenoxy) is 15. The highest BCUT2D eigenvalue weighted by molar-refractivity contribution is 5.77. The lowest BCUT2D eigenvalue weighted by Gasteiger charge is -2.50. The van der Waals surface area contributed by atoms with E-state index in [-0.39, 0.29) is 0 Å². The maximum absolute atomic E-state index is 13.0. The third-order valence-electron chi connectivity index (χ3n) is 18.8. The van der Waals surface area contributed by atoms with Crippen molar-refractivity contribution in [2.24, 2.45) is 0 Å². The van der Waals surface area contributed by atoms with Gasteiger partial charge in [-0.2, -0.15) is 0 Å². The van der Waals surface area contributed by atoms with Crippen molar-refractivity contribution in [1.82, 2.24) is 16.0 Å². The fourth-order valence-corrected chi connectivity index (χ4v) is 13.1. The Kier molecular flexibility index (Phi) is 29.9. The quantitative estimate of drug-likeness (QED) is 0.0363. The smallest absolute Gasteiger partial charge is 0.364 e. The molecule has 0 radical (unpaired) electrons. The van der Waals surface area contributed by atoms with Gasteiger partial charge in [-0.05, 0) is 6.92 Å². The molecule has 0 aromatic carbocycles. The number of carbonyl (C=O) groups is 4. The molecule has 8 fully saturated rings. The van der Waals surface area contributed by atoms with Crippen LogP contribution in [-0.4, -0.2) is 444 Å². The lowest BCUT2D eigenvalue weighted by molar-refractivity contribution is -0.392. The van der Waals surface area contributed by atoms with E-state index in [0.29, 0.717) is 0 Å². The largest absolute Gasteiger partial charge is 0.477 e. The number of amides is 3. The van der Waals surface area contributed by atoms with Crippen LogP contribution in [0.2, 0.25) is 0 Å². The SMILES string of the molecule is CC(=O)N[C@H]1[C@H](OC[C@H]2O[C@@H](O[C@H]3[C@H](O)[C@@H](O)C(O)O[C@@H]3CO)[C@H](O)[C@@H](O[C@@H]3O[C@H](CO)[C@@H](O[C@@H]4O[C@H](CO)[C@H](O)[C@H](O)[C@H]4O[C@@H]4O[C@@H](C)[C@@H](O)[C@@H](O)[C@@H]4O)[C@H](O)[C@H]3NC(C)=O)[C@H]2O)O[C@H](CO)[C@@H](O[C@@H]2O[C@H](CO[C@]3(C(=O)O)C[C@H](O)[C@@H](NC(C)=O)[C@H]([C@H](O)[C@H](O)CO)O3)[C@H](O)[C@H](O)[C@H]2O)[C@@H]1O. The van der Waals surface area contributed by atoms with E-state index in [2.05, 4.69) is 16.0 Å². The van der Waals surface area contributed by atoms with E-state index in [0.717, 1.165) is 20.8 Å². The van der Waals surface area contributed by atoms with Gasteiger partial charge in [0.2, 0.25) is 17.7 Å². The molecule has 3 amide bonds. The topological polar surface area (TPSA) is 728 Å². The molecular weight excluding hydrogens is 1410 g/mol. The zero-order valence-corrected chi connectivity index (χ0v) is 55.2. The van der Waals surface area contributed by atoms with Crippen LogP contribution < -0.4 is 16.0 Å². The second-order valence-corrected chi connectivity index (χ2v) is 26.1. The molecule has 8 saturated heterocycles. The van der Waals surface area contributed by atoms with Gasteiger partial charge in [0.1, 0.15) is 183 Å². The van der Waals surface area contributed by atoms with Gasteiger partial charge in [0.25, 0.3) is 5.79 Å². The zero-order chi connectivity index (χ0) is 76.3. The van der Waals surface area contributed by atoms with Crippen LogP contribution in [-0.2, 0) is 90.2 Å². The van der Waals surface area contributed by atoms with Gasteiger partial charge in [-0.25, -0.2) is 4.79 Å². The maximum Gasteiger partial charge on any atom is 0.364 e. The maximum atomic E-state index is 13.0. The van der Waals surface area contributed by atoms with Gasteiger partial charge >= 0.3 is 5.97 Å². The van der Waals surface area contributed by atoms with Crippen LogP contribution in [0.15, 0.2) is 0 Å². The Morgan fingerprint density at radius 3 is 1.37 bits per heavy atom. The minimum Gasteiger partial charge on any atom is -0.477 e. The number of carboxylic acids is 1. The molecule has 596 valence electrons. The first-order valence-electron chi connectivity index (χ1n) is 32.6. The molecule has 27 N–H and O–H groups in total. The summed E-state index contributed by atoms with van der Waals surface area (Å²) in [7, 11) is 0. The van der Waals surface area contributed by atoms with Crippen LogP contribution in [0.4, 0.5) is 0 Å². The first-order valence-corrected chi connectivity index (χ1v) is 32.6. The van der Waals surface area contributed by atoms with E-state index in [9.17, 15) is 142 Å². The van der Waals surface area contributed by atoms with E-state index in [1.165, 1.54) is 6.92 Å². The number of hydrogen-bond donors (Lipinski definition) is 27. The Balaban J connectivity index is 1.03. The summed E-state index contributed by atoms with van der Waals surface area (Å²) in [5, 5.41) is 269. The van der Waals surface area contributed by atoms with Crippen LogP contribution in [0, 0.1) is 0 Å². The van der Waals surface area contributed by atoms with Crippen LogP contribution in [0.3, 0.4) is 0 Å². The normalized spacial score (nSPS) is 48.3. The van der Waals surface area contributed by atoms with Crippen molar-refractivity contribution in [3.05, 3.63) is 0 Å². The first kappa shape index (κ1) is 85.0. The summed E-state index contributed by atoms with van der Waals surface area (Å²) in [5.41, 5.74) is 0. The van der Waals surface area contributed by atoms with Crippen LogP contribution in [0.5, 0.6) is 0 Å². The van der Waals surface area contributed by atoms with Crippen molar-refractivity contribution < 1.29 is 213 Å². The summed E-state index contributed by atoms with van der Waals surface area (Å²) in [4.78, 5) is 50.8. The molecule has 0 bridgehead atoms. The summed E-state index contributed by atoms with van der Waals surface area (Å²) >= 11 is 0. The van der Waals surface area contributed by atoms with E-state index in [4.69, 9.17) is 71.1 Å². The average molecular weight is 1510 g/mol. The lowest BCUT2D eigenvalue weighted by Crippen LogP contribution is -2.70. The van der Waals surface area contributed by atoms with Crippen molar-refractivity contribution >= 4 is 23.7 Å². The Morgan fingerprint density at radius 1 is 0.417 bits per heavy atom. The lowest BCUT2D eigenvalue weighted by atomic mass is 9.88. The third kappa shape index (κ3) is 18.6. The summed E-state index contributed by atoms with van der Waals surface area (Å²) in [6, 6.07) is -5.48. The fourth-order valence-electron chi connectivity index (χ4n) is 13.1. The second kappa shape index (κ2) is 36.3. The Hall–Kier alpha value is -3.64. The Labute approximate surface area is 582 Å². The number of aliphatic hydroxyl groups is 23. The number of aliphatic hydroxyl groups excluding tert-OH is 23. The molecule has 8 rings (SSSR count). The van der Waals surface area contributed by atoms with Gasteiger partial charge in [0.15, 0.2) is 44.0 Å². The summed E-state index contributed by atoms with van der Waals surface area (Å²) in [6.45, 7) is -3.61. The summed E-state index contributed by atoms with van der Waals surface area (Å²) in [6.07, 6.45) is -76.6. The highest BCUT2D eigenvalue weighted by Crippen LogP contribution is 2.40. The Bertz CT molecular complexity index is 2730. The number of carbonyl (C=O) groups excluding carboxylic acids is 3. The summed E-state index contributed by atoms with van der Waals surface area (Å²) < 4.78 is 87.0. The molecule has 0 saturated carbocycles. The van der Waals surface area contributed by atoms with E-state index >= 15 is 0 Å². The van der Waals surface area contributed by atoms with E-state index in [1.54, 1.807) is 0 Å². The molecule has 46 heteroatoms. The van der Waals surface area contributed by atoms with Gasteiger partial charge in [0, 0.05) is 27.2 Å². The van der Waals surface area contributed by atoms with Gasteiger partial charge in [-0.3, -0.25) is 14.4 Å². The minimum absolute atomic E-state index is 0.817. The number of rotatable bonds is 27. The molecule has 8 aliphatic heterocycles. The molecule has 0 aliphatic carbocycles. The highest BCUT2D eigenvalue weighted by atomic mass is 16.8. The number of hydrogen-bond acceptors (Lipinski definition) is 42. The molecule has 103 heavy (non-hydrogen) atoms. The molecule has 1 unspecified atom stereocenters. The fraction of sp³-hybridized carbons (Fsp3) is 0.930. The second-order valence-electron chi connectivity index (χ2n) is 26.1. The molecule has 8 heterocycles. The molecule has 0 aromatic heterocycles.